The summed E-state index contributed by atoms with van der Waals surface area (Å²) in [6, 6.07) is 14.0. The van der Waals surface area contributed by atoms with E-state index in [0.29, 0.717) is 38.6 Å². The van der Waals surface area contributed by atoms with Crippen molar-refractivity contribution in [3.63, 3.8) is 0 Å². The van der Waals surface area contributed by atoms with Gasteiger partial charge in [-0.15, -0.1) is 0 Å². The van der Waals surface area contributed by atoms with Crippen LogP contribution in [0.15, 0.2) is 59.1 Å². The third-order valence-electron chi connectivity index (χ3n) is 4.46. The molecular weight excluding hydrogens is 425 g/mol. The Bertz CT molecular complexity index is 1210. The first-order valence-corrected chi connectivity index (χ1v) is 9.91. The number of aromatic nitrogens is 2. The van der Waals surface area contributed by atoms with E-state index in [1.54, 1.807) is 43.5 Å². The number of halogens is 2. The second kappa shape index (κ2) is 8.34. The van der Waals surface area contributed by atoms with Crippen LogP contribution < -0.4 is 10.1 Å². The second-order valence-electron chi connectivity index (χ2n) is 6.70. The van der Waals surface area contributed by atoms with Crippen LogP contribution in [0.25, 0.3) is 22.7 Å². The molecule has 2 aromatic carbocycles. The summed E-state index contributed by atoms with van der Waals surface area (Å²) in [5.74, 6) is 0.557. The molecule has 0 radical (unpaired) electrons. The number of rotatable bonds is 5. The second-order valence-corrected chi connectivity index (χ2v) is 7.54. The smallest absolute Gasteiger partial charge is 0.265 e. The third-order valence-corrected chi connectivity index (χ3v) is 4.99. The molecule has 2 heterocycles. The highest BCUT2D eigenvalue weighted by atomic mass is 35.5. The van der Waals surface area contributed by atoms with Crippen LogP contribution in [0.5, 0.6) is 5.75 Å². The number of hydrogen-bond acceptors (Lipinski definition) is 5. The number of carbonyl (C=O) groups is 1. The monoisotopic (exact) mass is 441 g/mol. The van der Waals surface area contributed by atoms with Gasteiger partial charge in [0.1, 0.15) is 5.75 Å². The van der Waals surface area contributed by atoms with Crippen LogP contribution >= 0.6 is 23.2 Å². The summed E-state index contributed by atoms with van der Waals surface area (Å²) < 4.78 is 11.4. The van der Waals surface area contributed by atoms with E-state index in [9.17, 15) is 4.79 Å². The molecular formula is C22H17Cl2N3O3. The van der Waals surface area contributed by atoms with Crippen LogP contribution in [0.3, 0.4) is 0 Å². The Balaban J connectivity index is 1.48. The Morgan fingerprint density at radius 1 is 1.17 bits per heavy atom. The molecule has 0 saturated carbocycles. The molecule has 4 aromatic rings. The van der Waals surface area contributed by atoms with Crippen molar-refractivity contribution in [3.05, 3.63) is 70.3 Å². The molecule has 6 nitrogen and oxygen atoms in total. The van der Waals surface area contributed by atoms with Gasteiger partial charge in [-0.1, -0.05) is 23.2 Å². The average Bonchev–Trinajstić information content (AvgIpc) is 3.15. The van der Waals surface area contributed by atoms with Crippen molar-refractivity contribution in [1.82, 2.24) is 9.97 Å². The highest BCUT2D eigenvalue weighted by Crippen LogP contribution is 2.29. The first-order valence-electron chi connectivity index (χ1n) is 9.16. The lowest BCUT2D eigenvalue weighted by atomic mass is 10.1. The summed E-state index contributed by atoms with van der Waals surface area (Å²) >= 11 is 12.0. The van der Waals surface area contributed by atoms with E-state index in [2.05, 4.69) is 15.3 Å². The van der Waals surface area contributed by atoms with Gasteiger partial charge >= 0.3 is 0 Å². The molecule has 0 unspecified atom stereocenters. The van der Waals surface area contributed by atoms with Crippen molar-refractivity contribution >= 4 is 46.0 Å². The van der Waals surface area contributed by atoms with Crippen molar-refractivity contribution in [1.29, 1.82) is 0 Å². The number of ether oxygens (including phenoxy) is 1. The van der Waals surface area contributed by atoms with Crippen molar-refractivity contribution in [2.24, 2.45) is 0 Å². The number of benzene rings is 2. The van der Waals surface area contributed by atoms with Crippen molar-refractivity contribution in [3.8, 4) is 17.2 Å². The standard InChI is InChI=1S/C22H17Cl2N3O3/c1-12-10-14(22-27-20-19(30-22)4-3-9-25-20)5-7-17(12)26-21(28)13(2)29-18-8-6-15(23)11-16(18)24/h3-11,13H,1-2H3,(H,26,28)/t13-/m0/s1. The Hall–Kier alpha value is -3.09. The van der Waals surface area contributed by atoms with Gasteiger partial charge in [-0.3, -0.25) is 4.79 Å². The minimum absolute atomic E-state index is 0.303. The molecule has 0 bridgehead atoms. The fourth-order valence-electron chi connectivity index (χ4n) is 2.88. The van der Waals surface area contributed by atoms with Crippen LogP contribution in [-0.2, 0) is 4.79 Å². The maximum atomic E-state index is 12.6. The van der Waals surface area contributed by atoms with Crippen LogP contribution in [0.2, 0.25) is 10.0 Å². The molecule has 152 valence electrons. The number of pyridine rings is 1. The van der Waals surface area contributed by atoms with Gasteiger partial charge in [0.05, 0.1) is 5.02 Å². The van der Waals surface area contributed by atoms with Crippen LogP contribution in [0.4, 0.5) is 5.69 Å². The van der Waals surface area contributed by atoms with Gasteiger partial charge in [0.15, 0.2) is 17.3 Å². The number of oxazole rings is 1. The lowest BCUT2D eigenvalue weighted by Gasteiger charge is -2.17. The molecule has 1 atom stereocenters. The summed E-state index contributed by atoms with van der Waals surface area (Å²) in [4.78, 5) is 21.2. The van der Waals surface area contributed by atoms with E-state index in [1.165, 1.54) is 0 Å². The first-order chi connectivity index (χ1) is 14.4. The lowest BCUT2D eigenvalue weighted by molar-refractivity contribution is -0.122. The minimum Gasteiger partial charge on any atom is -0.479 e. The molecule has 2 aromatic heterocycles. The SMILES string of the molecule is Cc1cc(-c2nc3ncccc3o2)ccc1NC(=O)[C@H](C)Oc1ccc(Cl)cc1Cl. The van der Waals surface area contributed by atoms with E-state index in [-0.39, 0.29) is 5.91 Å². The molecule has 0 spiro atoms. The van der Waals surface area contributed by atoms with Crippen molar-refractivity contribution in [2.45, 2.75) is 20.0 Å². The zero-order chi connectivity index (χ0) is 21.3. The number of anilines is 1. The largest absolute Gasteiger partial charge is 0.479 e. The number of aryl methyl sites for hydroxylation is 1. The van der Waals surface area contributed by atoms with Gasteiger partial charge in [-0.25, -0.2) is 4.98 Å². The van der Waals surface area contributed by atoms with Gasteiger partial charge in [0, 0.05) is 22.5 Å². The molecule has 1 amide bonds. The molecule has 0 aliphatic rings. The average molecular weight is 442 g/mol. The summed E-state index contributed by atoms with van der Waals surface area (Å²) in [5, 5.41) is 3.71. The fraction of sp³-hybridized carbons (Fsp3) is 0.136. The number of nitrogens with one attached hydrogen (secondary N) is 1. The summed E-state index contributed by atoms with van der Waals surface area (Å²) in [5.41, 5.74) is 3.48. The van der Waals surface area contributed by atoms with Crippen molar-refractivity contribution in [2.75, 3.05) is 5.32 Å². The maximum Gasteiger partial charge on any atom is 0.265 e. The molecule has 0 aliphatic carbocycles. The first kappa shape index (κ1) is 20.2. The minimum atomic E-state index is -0.758. The molecule has 0 saturated heterocycles. The number of carbonyl (C=O) groups excluding carboxylic acids is 1. The Morgan fingerprint density at radius 3 is 2.73 bits per heavy atom. The van der Waals surface area contributed by atoms with E-state index in [4.69, 9.17) is 32.4 Å². The van der Waals surface area contributed by atoms with Gasteiger partial charge in [0.2, 0.25) is 5.89 Å². The van der Waals surface area contributed by atoms with Gasteiger partial charge < -0.3 is 14.5 Å². The maximum absolute atomic E-state index is 12.6. The highest BCUT2D eigenvalue weighted by Gasteiger charge is 2.18. The highest BCUT2D eigenvalue weighted by molar-refractivity contribution is 6.35. The van der Waals surface area contributed by atoms with Gasteiger partial charge in [-0.05, 0) is 67.9 Å². The zero-order valence-corrected chi connectivity index (χ0v) is 17.7. The Labute approximate surface area is 182 Å². The molecule has 0 fully saturated rings. The molecule has 30 heavy (non-hydrogen) atoms. The molecule has 4 rings (SSSR count). The number of hydrogen-bond donors (Lipinski definition) is 1. The zero-order valence-electron chi connectivity index (χ0n) is 16.1. The quantitative estimate of drug-likeness (QED) is 0.416. The molecule has 0 aliphatic heterocycles. The number of amides is 1. The predicted octanol–water partition coefficient (Wildman–Crippen LogP) is 5.91. The van der Waals surface area contributed by atoms with Crippen molar-refractivity contribution < 1.29 is 13.9 Å². The lowest BCUT2D eigenvalue weighted by Crippen LogP contribution is -2.30. The summed E-state index contributed by atoms with van der Waals surface area (Å²) in [6.07, 6.45) is 0.907. The van der Waals surface area contributed by atoms with E-state index in [1.807, 2.05) is 25.1 Å². The number of nitrogens with zero attached hydrogens (tertiary/aromatic N) is 2. The van der Waals surface area contributed by atoms with E-state index in [0.717, 1.165) is 11.1 Å². The summed E-state index contributed by atoms with van der Waals surface area (Å²) in [6.45, 7) is 3.54. The molecule has 1 N–H and O–H groups in total. The Morgan fingerprint density at radius 2 is 2.00 bits per heavy atom. The van der Waals surface area contributed by atoms with Gasteiger partial charge in [0.25, 0.3) is 5.91 Å². The topological polar surface area (TPSA) is 77.3 Å². The van der Waals surface area contributed by atoms with E-state index < -0.39 is 6.10 Å². The van der Waals surface area contributed by atoms with Crippen LogP contribution in [0, 0.1) is 6.92 Å². The predicted molar refractivity (Wildman–Crippen MR) is 117 cm³/mol. The third kappa shape index (κ3) is 4.25. The Kier molecular flexibility index (Phi) is 5.61. The van der Waals surface area contributed by atoms with Crippen LogP contribution in [-0.4, -0.2) is 22.0 Å². The fourth-order valence-corrected chi connectivity index (χ4v) is 3.33. The van der Waals surface area contributed by atoms with E-state index >= 15 is 0 Å². The normalized spacial score (nSPS) is 12.0. The molecule has 8 heteroatoms. The number of fused-ring (bicyclic) bond motifs is 1. The van der Waals surface area contributed by atoms with Gasteiger partial charge in [-0.2, -0.15) is 4.98 Å². The van der Waals surface area contributed by atoms with Crippen LogP contribution in [0.1, 0.15) is 12.5 Å². The summed E-state index contributed by atoms with van der Waals surface area (Å²) in [7, 11) is 0.